The molecular weight excluding hydrogens is 276 g/mol. The summed E-state index contributed by atoms with van der Waals surface area (Å²) in [6, 6.07) is 2.55. The molecule has 0 saturated carbocycles. The smallest absolute Gasteiger partial charge is 0.319 e. The molecule has 0 radical (unpaired) electrons. The molecule has 0 aromatic carbocycles. The summed E-state index contributed by atoms with van der Waals surface area (Å²) in [5.41, 5.74) is 5.13. The lowest BCUT2D eigenvalue weighted by Crippen LogP contribution is -2.47. The zero-order valence-electron chi connectivity index (χ0n) is 11.8. The molecule has 0 atom stereocenters. The van der Waals surface area contributed by atoms with Crippen LogP contribution in [-0.2, 0) is 16.0 Å². The molecular formula is C13H18N4O4. The molecule has 0 spiro atoms. The highest BCUT2D eigenvalue weighted by atomic mass is 16.4. The summed E-state index contributed by atoms with van der Waals surface area (Å²) in [5.74, 6) is -1.49. The number of aromatic nitrogens is 1. The number of carbonyl (C=O) groups excluding carboxylic acids is 2. The van der Waals surface area contributed by atoms with Gasteiger partial charge in [-0.2, -0.15) is 0 Å². The van der Waals surface area contributed by atoms with Gasteiger partial charge in [0.25, 0.3) is 0 Å². The van der Waals surface area contributed by atoms with Gasteiger partial charge in [0.05, 0.1) is 24.0 Å². The van der Waals surface area contributed by atoms with Crippen LogP contribution in [0.2, 0.25) is 0 Å². The number of primary amides is 1. The van der Waals surface area contributed by atoms with Crippen LogP contribution in [0, 0.1) is 0 Å². The van der Waals surface area contributed by atoms with Crippen molar-refractivity contribution in [2.45, 2.75) is 32.2 Å². The van der Waals surface area contributed by atoms with Crippen molar-refractivity contribution in [3.05, 3.63) is 24.0 Å². The van der Waals surface area contributed by atoms with Gasteiger partial charge in [-0.3, -0.25) is 14.6 Å². The number of pyridine rings is 1. The minimum atomic E-state index is -0.978. The van der Waals surface area contributed by atoms with E-state index in [4.69, 9.17) is 10.8 Å². The number of urea groups is 1. The van der Waals surface area contributed by atoms with Gasteiger partial charge in [-0.1, -0.05) is 0 Å². The summed E-state index contributed by atoms with van der Waals surface area (Å²) in [6.45, 7) is 3.34. The van der Waals surface area contributed by atoms with Crippen LogP contribution >= 0.6 is 0 Å². The van der Waals surface area contributed by atoms with E-state index in [9.17, 15) is 14.4 Å². The fraction of sp³-hybridized carbons (Fsp3) is 0.385. The molecule has 8 nitrogen and oxygen atoms in total. The molecule has 1 heterocycles. The van der Waals surface area contributed by atoms with Gasteiger partial charge in [0.1, 0.15) is 0 Å². The highest BCUT2D eigenvalue weighted by Gasteiger charge is 2.22. The Kier molecular flexibility index (Phi) is 5.23. The van der Waals surface area contributed by atoms with Crippen LogP contribution in [0.1, 0.15) is 26.0 Å². The third kappa shape index (κ3) is 6.37. The Morgan fingerprint density at radius 1 is 1.33 bits per heavy atom. The van der Waals surface area contributed by atoms with Crippen molar-refractivity contribution in [3.8, 4) is 0 Å². The van der Waals surface area contributed by atoms with Gasteiger partial charge in [-0.25, -0.2) is 4.79 Å². The Morgan fingerprint density at radius 2 is 2.00 bits per heavy atom. The maximum absolute atomic E-state index is 11.8. The van der Waals surface area contributed by atoms with Crippen LogP contribution in [0.15, 0.2) is 18.3 Å². The Labute approximate surface area is 121 Å². The lowest BCUT2D eigenvalue weighted by molar-refractivity contribution is -0.136. The fourth-order valence-corrected chi connectivity index (χ4v) is 1.71. The molecule has 0 fully saturated rings. The average Bonchev–Trinajstić information content (AvgIpc) is 2.28. The highest BCUT2D eigenvalue weighted by Crippen LogP contribution is 2.10. The van der Waals surface area contributed by atoms with E-state index in [0.717, 1.165) is 0 Å². The molecule has 0 bridgehead atoms. The predicted molar refractivity (Wildman–Crippen MR) is 75.6 cm³/mol. The lowest BCUT2D eigenvalue weighted by Gasteiger charge is -2.24. The first-order chi connectivity index (χ1) is 9.68. The van der Waals surface area contributed by atoms with Crippen molar-refractivity contribution in [2.75, 3.05) is 5.32 Å². The summed E-state index contributed by atoms with van der Waals surface area (Å²) >= 11 is 0. The Morgan fingerprint density at radius 3 is 2.48 bits per heavy atom. The summed E-state index contributed by atoms with van der Waals surface area (Å²) < 4.78 is 0. The first-order valence-electron chi connectivity index (χ1n) is 6.22. The van der Waals surface area contributed by atoms with Crippen LogP contribution in [0.25, 0.3) is 0 Å². The number of hydrogen-bond acceptors (Lipinski definition) is 4. The number of carboxylic acids is 1. The van der Waals surface area contributed by atoms with Crippen LogP contribution in [0.3, 0.4) is 0 Å². The maximum atomic E-state index is 11.8. The average molecular weight is 294 g/mol. The van der Waals surface area contributed by atoms with Gasteiger partial charge in [-0.05, 0) is 26.0 Å². The molecule has 21 heavy (non-hydrogen) atoms. The van der Waals surface area contributed by atoms with E-state index >= 15 is 0 Å². The van der Waals surface area contributed by atoms with Crippen LogP contribution in [0.5, 0.6) is 0 Å². The van der Waals surface area contributed by atoms with Crippen molar-refractivity contribution in [2.24, 2.45) is 5.73 Å². The quantitative estimate of drug-likeness (QED) is 0.605. The molecule has 0 unspecified atom stereocenters. The molecule has 1 aromatic rings. The molecule has 114 valence electrons. The van der Waals surface area contributed by atoms with E-state index in [-0.39, 0.29) is 12.8 Å². The van der Waals surface area contributed by atoms with E-state index in [1.54, 1.807) is 19.9 Å². The monoisotopic (exact) mass is 294 g/mol. The zero-order chi connectivity index (χ0) is 16.0. The number of aliphatic carboxylic acids is 1. The first-order valence-corrected chi connectivity index (χ1v) is 6.22. The molecule has 1 rings (SSSR count). The number of anilines is 1. The minimum Gasteiger partial charge on any atom is -0.481 e. The van der Waals surface area contributed by atoms with Crippen LogP contribution in [0.4, 0.5) is 10.5 Å². The van der Waals surface area contributed by atoms with Crippen molar-refractivity contribution in [1.82, 2.24) is 10.3 Å². The topological polar surface area (TPSA) is 134 Å². The number of carbonyl (C=O) groups is 3. The Balaban J connectivity index is 2.58. The standard InChI is InChI=1S/C13H18N4O4/c1-13(2,6-10(14)18)17-12(21)16-9-4-3-8(15-7-9)5-11(19)20/h3-4,7H,5-6H2,1-2H3,(H2,14,18)(H,19,20)(H2,16,17,21). The normalized spacial score (nSPS) is 10.8. The van der Waals surface area contributed by atoms with E-state index in [1.807, 2.05) is 0 Å². The molecule has 0 saturated heterocycles. The number of nitrogens with two attached hydrogens (primary N) is 1. The van der Waals surface area contributed by atoms with Crippen molar-refractivity contribution < 1.29 is 19.5 Å². The van der Waals surface area contributed by atoms with E-state index in [2.05, 4.69) is 15.6 Å². The van der Waals surface area contributed by atoms with Gasteiger partial charge in [0, 0.05) is 12.0 Å². The molecule has 5 N–H and O–H groups in total. The lowest BCUT2D eigenvalue weighted by atomic mass is 10.0. The second-order valence-electron chi connectivity index (χ2n) is 5.21. The molecule has 0 aliphatic rings. The maximum Gasteiger partial charge on any atom is 0.319 e. The zero-order valence-corrected chi connectivity index (χ0v) is 11.8. The van der Waals surface area contributed by atoms with Crippen molar-refractivity contribution in [3.63, 3.8) is 0 Å². The summed E-state index contributed by atoms with van der Waals surface area (Å²) in [6.07, 6.45) is 1.19. The summed E-state index contributed by atoms with van der Waals surface area (Å²) in [4.78, 5) is 37.1. The predicted octanol–water partition coefficient (Wildman–Crippen LogP) is 0.484. The van der Waals surface area contributed by atoms with Crippen LogP contribution in [-0.4, -0.2) is 33.5 Å². The Hall–Kier alpha value is -2.64. The Bertz CT molecular complexity index is 540. The van der Waals surface area contributed by atoms with E-state index in [0.29, 0.717) is 11.4 Å². The van der Waals surface area contributed by atoms with E-state index < -0.39 is 23.4 Å². The second kappa shape index (κ2) is 6.69. The van der Waals surface area contributed by atoms with Gasteiger partial charge in [0.15, 0.2) is 0 Å². The SMILES string of the molecule is CC(C)(CC(N)=O)NC(=O)Nc1ccc(CC(=O)O)nc1. The summed E-state index contributed by atoms with van der Waals surface area (Å²) in [5, 5.41) is 13.8. The van der Waals surface area contributed by atoms with E-state index in [1.165, 1.54) is 12.3 Å². The highest BCUT2D eigenvalue weighted by molar-refractivity contribution is 5.90. The van der Waals surface area contributed by atoms with Gasteiger partial charge in [0.2, 0.25) is 5.91 Å². The number of hydrogen-bond donors (Lipinski definition) is 4. The third-order valence-electron chi connectivity index (χ3n) is 2.48. The van der Waals surface area contributed by atoms with Crippen molar-refractivity contribution >= 4 is 23.6 Å². The van der Waals surface area contributed by atoms with Crippen molar-refractivity contribution in [1.29, 1.82) is 0 Å². The third-order valence-corrected chi connectivity index (χ3v) is 2.48. The van der Waals surface area contributed by atoms with Crippen LogP contribution < -0.4 is 16.4 Å². The fourth-order valence-electron chi connectivity index (χ4n) is 1.71. The number of amides is 3. The molecule has 8 heteroatoms. The number of nitrogens with one attached hydrogen (secondary N) is 2. The second-order valence-corrected chi connectivity index (χ2v) is 5.21. The molecule has 3 amide bonds. The number of carboxylic acid groups (broad SMARTS) is 1. The molecule has 0 aliphatic heterocycles. The summed E-state index contributed by atoms with van der Waals surface area (Å²) in [7, 11) is 0. The minimum absolute atomic E-state index is 0.0101. The number of nitrogens with zero attached hydrogens (tertiary/aromatic N) is 1. The molecule has 1 aromatic heterocycles. The molecule has 0 aliphatic carbocycles. The van der Waals surface area contributed by atoms with Gasteiger partial charge in [-0.15, -0.1) is 0 Å². The first kappa shape index (κ1) is 16.4. The van der Waals surface area contributed by atoms with Gasteiger partial charge < -0.3 is 21.5 Å². The van der Waals surface area contributed by atoms with Gasteiger partial charge >= 0.3 is 12.0 Å². The number of rotatable bonds is 6. The largest absolute Gasteiger partial charge is 0.481 e.